The zero-order valence-corrected chi connectivity index (χ0v) is 14.9. The Labute approximate surface area is 158 Å². The van der Waals surface area contributed by atoms with Gasteiger partial charge in [0.25, 0.3) is 0 Å². The van der Waals surface area contributed by atoms with Gasteiger partial charge in [-0.05, 0) is 34.7 Å². The molecule has 1 N–H and O–H groups in total. The van der Waals surface area contributed by atoms with Gasteiger partial charge in [-0.3, -0.25) is 4.79 Å². The number of alkyl carbamates (subject to hydrolysis) is 1. The first-order valence-corrected chi connectivity index (χ1v) is 8.84. The zero-order valence-electron chi connectivity index (χ0n) is 14.9. The van der Waals surface area contributed by atoms with Crippen LogP contribution in [0, 0.1) is 0 Å². The van der Waals surface area contributed by atoms with Crippen molar-refractivity contribution in [1.82, 2.24) is 5.32 Å². The van der Waals surface area contributed by atoms with Gasteiger partial charge >= 0.3 is 6.09 Å². The van der Waals surface area contributed by atoms with E-state index in [2.05, 4.69) is 5.32 Å². The maximum atomic E-state index is 11.9. The lowest BCUT2D eigenvalue weighted by Crippen LogP contribution is -2.26. The summed E-state index contributed by atoms with van der Waals surface area (Å²) in [5.74, 6) is 0. The molecule has 0 atom stereocenters. The number of hydrogen-bond acceptors (Lipinski definition) is 3. The fourth-order valence-corrected chi connectivity index (χ4v) is 2.87. The molecule has 27 heavy (non-hydrogen) atoms. The lowest BCUT2D eigenvalue weighted by atomic mass is 9.96. The van der Waals surface area contributed by atoms with Crippen LogP contribution in [0.15, 0.2) is 78.9 Å². The van der Waals surface area contributed by atoms with Gasteiger partial charge in [0, 0.05) is 12.1 Å². The molecule has 0 radical (unpaired) electrons. The summed E-state index contributed by atoms with van der Waals surface area (Å²) in [5, 5.41) is 2.79. The maximum absolute atomic E-state index is 11.9. The minimum atomic E-state index is -0.431. The molecule has 0 heterocycles. The number of carbonyl (C=O) groups is 2. The summed E-state index contributed by atoms with van der Waals surface area (Å²) in [7, 11) is 0. The van der Waals surface area contributed by atoms with Gasteiger partial charge in [0.15, 0.2) is 0 Å². The lowest BCUT2D eigenvalue weighted by Gasteiger charge is -2.11. The number of ether oxygens (including phenoxy) is 1. The van der Waals surface area contributed by atoms with E-state index in [0.29, 0.717) is 18.5 Å². The van der Waals surface area contributed by atoms with E-state index in [1.54, 1.807) is 6.07 Å². The predicted octanol–water partition coefficient (Wildman–Crippen LogP) is 4.64. The molecular weight excluding hydrogens is 338 g/mol. The number of nitrogens with one attached hydrogen (secondary N) is 1. The van der Waals surface area contributed by atoms with Crippen LogP contribution in [0.4, 0.5) is 4.79 Å². The smallest absolute Gasteiger partial charge is 0.407 e. The van der Waals surface area contributed by atoms with Gasteiger partial charge in [0.05, 0.1) is 0 Å². The van der Waals surface area contributed by atoms with Crippen molar-refractivity contribution < 1.29 is 14.3 Å². The van der Waals surface area contributed by atoms with Gasteiger partial charge < -0.3 is 10.1 Å². The number of carbonyl (C=O) groups excluding carboxylic acids is 2. The second-order valence-electron chi connectivity index (χ2n) is 6.14. The van der Waals surface area contributed by atoms with Crippen molar-refractivity contribution in [2.75, 3.05) is 6.54 Å². The number of hydrogen-bond donors (Lipinski definition) is 1. The van der Waals surface area contributed by atoms with Crippen LogP contribution in [0.3, 0.4) is 0 Å². The van der Waals surface area contributed by atoms with Crippen molar-refractivity contribution in [3.05, 3.63) is 95.6 Å². The number of aldehydes is 1. The van der Waals surface area contributed by atoms with Crippen LogP contribution in [-0.2, 0) is 17.8 Å². The first-order chi connectivity index (χ1) is 13.3. The Hall–Kier alpha value is -3.40. The van der Waals surface area contributed by atoms with E-state index in [1.165, 1.54) is 0 Å². The highest BCUT2D eigenvalue weighted by Gasteiger charge is 2.07. The highest BCUT2D eigenvalue weighted by Crippen LogP contribution is 2.24. The van der Waals surface area contributed by atoms with Crippen LogP contribution in [-0.4, -0.2) is 18.9 Å². The Balaban J connectivity index is 1.57. The van der Waals surface area contributed by atoms with Crippen LogP contribution >= 0.6 is 0 Å². The monoisotopic (exact) mass is 359 g/mol. The average molecular weight is 359 g/mol. The second-order valence-corrected chi connectivity index (χ2v) is 6.14. The molecule has 0 fully saturated rings. The SMILES string of the molecule is O=Cc1cccc(-c2ccccc2CCNC(=O)OCc2ccccc2)c1. The molecule has 3 aromatic carbocycles. The van der Waals surface area contributed by atoms with E-state index in [-0.39, 0.29) is 6.61 Å². The summed E-state index contributed by atoms with van der Waals surface area (Å²) in [4.78, 5) is 22.9. The quantitative estimate of drug-likeness (QED) is 0.626. The first-order valence-electron chi connectivity index (χ1n) is 8.84. The lowest BCUT2D eigenvalue weighted by molar-refractivity contribution is 0.112. The van der Waals surface area contributed by atoms with Gasteiger partial charge in [-0.25, -0.2) is 4.79 Å². The molecule has 0 aliphatic heterocycles. The van der Waals surface area contributed by atoms with Gasteiger partial charge in [-0.1, -0.05) is 72.8 Å². The standard InChI is InChI=1S/C23H21NO3/c25-16-19-9-6-11-21(15-19)22-12-5-4-10-20(22)13-14-24-23(26)27-17-18-7-2-1-3-8-18/h1-12,15-16H,13-14,17H2,(H,24,26). The fourth-order valence-electron chi connectivity index (χ4n) is 2.87. The molecule has 136 valence electrons. The predicted molar refractivity (Wildman–Crippen MR) is 106 cm³/mol. The molecular formula is C23H21NO3. The summed E-state index contributed by atoms with van der Waals surface area (Å²) in [6.07, 6.45) is 1.08. The van der Waals surface area contributed by atoms with E-state index in [0.717, 1.165) is 28.5 Å². The topological polar surface area (TPSA) is 55.4 Å². The van der Waals surface area contributed by atoms with Crippen LogP contribution in [0.25, 0.3) is 11.1 Å². The van der Waals surface area contributed by atoms with E-state index in [4.69, 9.17) is 4.74 Å². The van der Waals surface area contributed by atoms with Gasteiger partial charge in [0.1, 0.15) is 12.9 Å². The third-order valence-corrected chi connectivity index (χ3v) is 4.23. The summed E-state index contributed by atoms with van der Waals surface area (Å²) < 4.78 is 5.22. The van der Waals surface area contributed by atoms with Crippen molar-refractivity contribution in [2.45, 2.75) is 13.0 Å². The van der Waals surface area contributed by atoms with Crippen LogP contribution in [0.2, 0.25) is 0 Å². The second kappa shape index (κ2) is 9.34. The van der Waals surface area contributed by atoms with Gasteiger partial charge in [-0.15, -0.1) is 0 Å². The van der Waals surface area contributed by atoms with Crippen molar-refractivity contribution in [1.29, 1.82) is 0 Å². The molecule has 3 rings (SSSR count). The Morgan fingerprint density at radius 1 is 0.926 bits per heavy atom. The maximum Gasteiger partial charge on any atom is 0.407 e. The molecule has 1 amide bonds. The summed E-state index contributed by atoms with van der Waals surface area (Å²) in [6.45, 7) is 0.722. The molecule has 0 aromatic heterocycles. The summed E-state index contributed by atoms with van der Waals surface area (Å²) in [5.41, 5.74) is 4.74. The van der Waals surface area contributed by atoms with Crippen LogP contribution in [0.1, 0.15) is 21.5 Å². The van der Waals surface area contributed by atoms with E-state index >= 15 is 0 Å². The third kappa shape index (κ3) is 5.28. The molecule has 0 aliphatic rings. The molecule has 3 aromatic rings. The van der Waals surface area contributed by atoms with E-state index < -0.39 is 6.09 Å². The van der Waals surface area contributed by atoms with Crippen molar-refractivity contribution in [3.63, 3.8) is 0 Å². The molecule has 0 aliphatic carbocycles. The number of benzene rings is 3. The Bertz CT molecular complexity index is 906. The Kier molecular flexibility index (Phi) is 6.36. The highest BCUT2D eigenvalue weighted by molar-refractivity contribution is 5.79. The fraction of sp³-hybridized carbons (Fsp3) is 0.130. The normalized spacial score (nSPS) is 10.2. The third-order valence-electron chi connectivity index (χ3n) is 4.23. The minimum absolute atomic E-state index is 0.252. The van der Waals surface area contributed by atoms with Gasteiger partial charge in [0.2, 0.25) is 0 Å². The van der Waals surface area contributed by atoms with Crippen molar-refractivity contribution in [3.8, 4) is 11.1 Å². The average Bonchev–Trinajstić information content (AvgIpc) is 2.73. The molecule has 0 spiro atoms. The van der Waals surface area contributed by atoms with Gasteiger partial charge in [-0.2, -0.15) is 0 Å². The summed E-state index contributed by atoms with van der Waals surface area (Å²) >= 11 is 0. The van der Waals surface area contributed by atoms with Crippen LogP contribution < -0.4 is 5.32 Å². The Morgan fingerprint density at radius 2 is 1.70 bits per heavy atom. The van der Waals surface area contributed by atoms with Crippen molar-refractivity contribution in [2.24, 2.45) is 0 Å². The van der Waals surface area contributed by atoms with E-state index in [9.17, 15) is 9.59 Å². The van der Waals surface area contributed by atoms with Crippen LogP contribution in [0.5, 0.6) is 0 Å². The largest absolute Gasteiger partial charge is 0.445 e. The molecule has 0 saturated heterocycles. The Morgan fingerprint density at radius 3 is 2.52 bits per heavy atom. The first kappa shape index (κ1) is 18.4. The highest BCUT2D eigenvalue weighted by atomic mass is 16.5. The minimum Gasteiger partial charge on any atom is -0.445 e. The molecule has 4 nitrogen and oxygen atoms in total. The molecule has 4 heteroatoms. The number of rotatable bonds is 7. The zero-order chi connectivity index (χ0) is 18.9. The molecule has 0 bridgehead atoms. The van der Waals surface area contributed by atoms with E-state index in [1.807, 2.05) is 72.8 Å². The van der Waals surface area contributed by atoms with Crippen molar-refractivity contribution >= 4 is 12.4 Å². The molecule has 0 unspecified atom stereocenters. The molecule has 0 saturated carbocycles. The summed E-state index contributed by atoms with van der Waals surface area (Å²) in [6, 6.07) is 25.1. The number of amides is 1.